The van der Waals surface area contributed by atoms with Crippen LogP contribution in [0.2, 0.25) is 0 Å². The number of aryl methyl sites for hydroxylation is 1. The third-order valence-electron chi connectivity index (χ3n) is 7.18. The van der Waals surface area contributed by atoms with Gasteiger partial charge in [0.25, 0.3) is 0 Å². The van der Waals surface area contributed by atoms with Crippen molar-refractivity contribution in [3.8, 4) is 17.1 Å². The molecule has 198 valence electrons. The summed E-state index contributed by atoms with van der Waals surface area (Å²) in [6.45, 7) is 10.3. The van der Waals surface area contributed by atoms with Gasteiger partial charge < -0.3 is 18.6 Å². The number of carbonyl (C=O) groups excluding carboxylic acids is 2. The zero-order valence-corrected chi connectivity index (χ0v) is 22.4. The Hall–Kier alpha value is -4.58. The average molecular weight is 523 g/mol. The van der Waals surface area contributed by atoms with Crippen molar-refractivity contribution in [1.82, 2.24) is 0 Å². The van der Waals surface area contributed by atoms with E-state index in [0.29, 0.717) is 39.9 Å². The number of esters is 1. The van der Waals surface area contributed by atoms with Crippen LogP contribution >= 0.6 is 0 Å². The van der Waals surface area contributed by atoms with E-state index in [2.05, 4.69) is 6.58 Å². The number of para-hydroxylation sites is 1. The molecule has 2 heterocycles. The van der Waals surface area contributed by atoms with Crippen molar-refractivity contribution in [2.24, 2.45) is 5.92 Å². The first kappa shape index (κ1) is 26.0. The molecule has 2 aromatic carbocycles. The van der Waals surface area contributed by atoms with E-state index in [9.17, 15) is 9.59 Å². The number of furan rings is 1. The molecule has 1 saturated heterocycles. The van der Waals surface area contributed by atoms with Crippen molar-refractivity contribution in [1.29, 1.82) is 0 Å². The molecule has 0 radical (unpaired) electrons. The van der Waals surface area contributed by atoms with Crippen molar-refractivity contribution in [3.63, 3.8) is 0 Å². The maximum Gasteiger partial charge on any atom is 0.334 e. The van der Waals surface area contributed by atoms with Gasteiger partial charge in [-0.15, -0.1) is 0 Å². The highest BCUT2D eigenvalue weighted by molar-refractivity contribution is 5.93. The molecule has 2 aliphatic rings. The Morgan fingerprint density at radius 2 is 1.87 bits per heavy atom. The highest BCUT2D eigenvalue weighted by Crippen LogP contribution is 2.53. The zero-order valence-electron chi connectivity index (χ0n) is 22.4. The van der Waals surface area contributed by atoms with Crippen LogP contribution in [0.3, 0.4) is 0 Å². The second-order valence-corrected chi connectivity index (χ2v) is 9.59. The van der Waals surface area contributed by atoms with E-state index in [1.807, 2.05) is 74.5 Å². The molecule has 6 heteroatoms. The predicted octanol–water partition coefficient (Wildman–Crippen LogP) is 7.18. The molecule has 1 fully saturated rings. The number of allylic oxidation sites excluding steroid dienone is 4. The Labute approximate surface area is 227 Å². The molecule has 5 rings (SSSR count). The fourth-order valence-corrected chi connectivity index (χ4v) is 5.39. The van der Waals surface area contributed by atoms with Crippen LogP contribution in [-0.2, 0) is 14.3 Å². The number of hydrogen-bond donors (Lipinski definition) is 0. The Morgan fingerprint density at radius 1 is 1.08 bits per heavy atom. The van der Waals surface area contributed by atoms with Gasteiger partial charge in [0, 0.05) is 34.3 Å². The summed E-state index contributed by atoms with van der Waals surface area (Å²) in [7, 11) is 1.62. The lowest BCUT2D eigenvalue weighted by Gasteiger charge is -2.31. The van der Waals surface area contributed by atoms with Crippen molar-refractivity contribution < 1.29 is 28.2 Å². The standard InChI is InChI=1S/C33H30O6/c1-6-37-33(35)30-20(3)16-29-31(32(30)25-9-7-8-10-26(25)36-5)21(4)28(39-29)17-23-12-14-27(38-23)24-13-11-22(18-34)15-19(24)2/h7-18,31-32H,4,6H2,1-3,5H3/b28-17-. The zero-order chi connectivity index (χ0) is 27.7. The van der Waals surface area contributed by atoms with E-state index in [4.69, 9.17) is 18.6 Å². The normalized spacial score (nSPS) is 19.4. The molecule has 0 spiro atoms. The lowest BCUT2D eigenvalue weighted by Crippen LogP contribution is -2.26. The van der Waals surface area contributed by atoms with Gasteiger partial charge in [-0.05, 0) is 67.8 Å². The van der Waals surface area contributed by atoms with Crippen LogP contribution in [0, 0.1) is 12.8 Å². The lowest BCUT2D eigenvalue weighted by molar-refractivity contribution is -0.139. The number of aldehydes is 1. The van der Waals surface area contributed by atoms with E-state index in [0.717, 1.165) is 34.1 Å². The summed E-state index contributed by atoms with van der Waals surface area (Å²) in [5.41, 5.74) is 5.40. The molecule has 2 atom stereocenters. The van der Waals surface area contributed by atoms with E-state index < -0.39 is 5.92 Å². The van der Waals surface area contributed by atoms with Crippen molar-refractivity contribution >= 4 is 18.3 Å². The summed E-state index contributed by atoms with van der Waals surface area (Å²) < 4.78 is 23.6. The maximum absolute atomic E-state index is 13.2. The average Bonchev–Trinajstić information content (AvgIpc) is 3.51. The van der Waals surface area contributed by atoms with Gasteiger partial charge in [0.1, 0.15) is 35.1 Å². The maximum atomic E-state index is 13.2. The number of fused-ring (bicyclic) bond motifs is 1. The van der Waals surface area contributed by atoms with Gasteiger partial charge in [0.05, 0.1) is 19.6 Å². The molecule has 1 aliphatic carbocycles. The third-order valence-corrected chi connectivity index (χ3v) is 7.18. The van der Waals surface area contributed by atoms with Crippen LogP contribution in [0.1, 0.15) is 47.0 Å². The Bertz CT molecular complexity index is 1560. The van der Waals surface area contributed by atoms with Gasteiger partial charge in [-0.2, -0.15) is 0 Å². The molecule has 0 saturated carbocycles. The quantitative estimate of drug-likeness (QED) is 0.242. The largest absolute Gasteiger partial charge is 0.496 e. The summed E-state index contributed by atoms with van der Waals surface area (Å²) in [6.07, 6.45) is 4.54. The molecule has 39 heavy (non-hydrogen) atoms. The second-order valence-electron chi connectivity index (χ2n) is 9.59. The van der Waals surface area contributed by atoms with Crippen molar-refractivity contribution in [3.05, 3.63) is 118 Å². The summed E-state index contributed by atoms with van der Waals surface area (Å²) in [5.74, 6) is 2.16. The van der Waals surface area contributed by atoms with E-state index in [-0.39, 0.29) is 18.5 Å². The molecule has 0 amide bonds. The van der Waals surface area contributed by atoms with Crippen molar-refractivity contribution in [2.75, 3.05) is 13.7 Å². The fourth-order valence-electron chi connectivity index (χ4n) is 5.39. The summed E-state index contributed by atoms with van der Waals surface area (Å²) in [4.78, 5) is 24.3. The predicted molar refractivity (Wildman–Crippen MR) is 149 cm³/mol. The molecular weight excluding hydrogens is 492 g/mol. The molecule has 0 N–H and O–H groups in total. The minimum absolute atomic E-state index is 0.274. The first-order valence-corrected chi connectivity index (χ1v) is 12.8. The SMILES string of the molecule is C=C1/C(=C/c2ccc(-c3ccc(C=O)cc3C)o2)OC2=CC(C)=C(C(=O)OCC)C(c3ccccc3OC)C12. The Kier molecular flexibility index (Phi) is 7.11. The van der Waals surface area contributed by atoms with Crippen molar-refractivity contribution in [2.45, 2.75) is 26.7 Å². The second kappa shape index (κ2) is 10.7. The van der Waals surface area contributed by atoms with E-state index in [1.54, 1.807) is 20.1 Å². The van der Waals surface area contributed by atoms with Crippen LogP contribution in [0.4, 0.5) is 0 Å². The van der Waals surface area contributed by atoms with Gasteiger partial charge >= 0.3 is 5.97 Å². The molecule has 3 aromatic rings. The topological polar surface area (TPSA) is 75.0 Å². The summed E-state index contributed by atoms with van der Waals surface area (Å²) in [5, 5.41) is 0. The molecule has 1 aromatic heterocycles. The monoisotopic (exact) mass is 522 g/mol. The Morgan fingerprint density at radius 3 is 2.59 bits per heavy atom. The molecule has 1 aliphatic heterocycles. The number of methoxy groups -OCH3 is 1. The summed E-state index contributed by atoms with van der Waals surface area (Å²) in [6, 6.07) is 16.9. The van der Waals surface area contributed by atoms with Gasteiger partial charge in [0.15, 0.2) is 0 Å². The molecule has 2 unspecified atom stereocenters. The van der Waals surface area contributed by atoms with Gasteiger partial charge in [0.2, 0.25) is 0 Å². The number of benzene rings is 2. The third kappa shape index (κ3) is 4.74. The first-order valence-electron chi connectivity index (χ1n) is 12.8. The highest BCUT2D eigenvalue weighted by Gasteiger charge is 2.46. The lowest BCUT2D eigenvalue weighted by atomic mass is 9.72. The smallest absolute Gasteiger partial charge is 0.334 e. The number of rotatable bonds is 7. The van der Waals surface area contributed by atoms with Crippen LogP contribution in [0.15, 0.2) is 99.9 Å². The molecule has 6 nitrogen and oxygen atoms in total. The number of ether oxygens (including phenoxy) is 3. The van der Waals surface area contributed by atoms with Crippen LogP contribution < -0.4 is 4.74 Å². The van der Waals surface area contributed by atoms with E-state index >= 15 is 0 Å². The fraction of sp³-hybridized carbons (Fsp3) is 0.212. The molecular formula is C33H30O6. The van der Waals surface area contributed by atoms with Crippen LogP contribution in [-0.4, -0.2) is 26.0 Å². The van der Waals surface area contributed by atoms with Gasteiger partial charge in [-0.25, -0.2) is 4.79 Å². The number of hydrogen-bond acceptors (Lipinski definition) is 6. The highest BCUT2D eigenvalue weighted by atomic mass is 16.5. The van der Waals surface area contributed by atoms with Gasteiger partial charge in [-0.1, -0.05) is 36.9 Å². The minimum Gasteiger partial charge on any atom is -0.496 e. The van der Waals surface area contributed by atoms with Crippen LogP contribution in [0.5, 0.6) is 5.75 Å². The first-order chi connectivity index (χ1) is 18.9. The van der Waals surface area contributed by atoms with E-state index in [1.165, 1.54) is 0 Å². The van der Waals surface area contributed by atoms with Gasteiger partial charge in [-0.3, -0.25) is 4.79 Å². The summed E-state index contributed by atoms with van der Waals surface area (Å²) >= 11 is 0. The molecule has 0 bridgehead atoms. The Balaban J connectivity index is 1.53. The number of carbonyl (C=O) groups is 2. The minimum atomic E-state index is -0.398. The van der Waals surface area contributed by atoms with Crippen LogP contribution in [0.25, 0.3) is 17.4 Å².